The van der Waals surface area contributed by atoms with Crippen LogP contribution in [0.25, 0.3) is 11.4 Å². The molecule has 0 aliphatic carbocycles. The second-order valence-electron chi connectivity index (χ2n) is 5.81. The van der Waals surface area contributed by atoms with Crippen LogP contribution in [0.15, 0.2) is 29.3 Å². The predicted octanol–water partition coefficient (Wildman–Crippen LogP) is 3.08. The van der Waals surface area contributed by atoms with E-state index in [1.54, 1.807) is 0 Å². The van der Waals surface area contributed by atoms with Crippen LogP contribution >= 0.6 is 0 Å². The first-order chi connectivity index (χ1) is 13.7. The predicted molar refractivity (Wildman–Crippen MR) is 86.6 cm³/mol. The molecule has 1 N–H and O–H groups in total. The first-order valence-electron chi connectivity index (χ1n) is 7.94. The monoisotopic (exact) mass is 464 g/mol. The zero-order valence-electron chi connectivity index (χ0n) is 14.9. The van der Waals surface area contributed by atoms with E-state index in [1.165, 1.54) is 6.92 Å². The van der Waals surface area contributed by atoms with Crippen molar-refractivity contribution in [2.45, 2.75) is 30.3 Å². The Hall–Kier alpha value is -2.71. The zero-order valence-corrected chi connectivity index (χ0v) is 15.7. The molecule has 2 aromatic heterocycles. The summed E-state index contributed by atoms with van der Waals surface area (Å²) in [5.74, 6) is -5.99. The summed E-state index contributed by atoms with van der Waals surface area (Å²) in [6.45, 7) is -0.648. The van der Waals surface area contributed by atoms with E-state index in [1.807, 2.05) is 5.10 Å². The van der Waals surface area contributed by atoms with Gasteiger partial charge in [-0.25, -0.2) is 17.2 Å². The van der Waals surface area contributed by atoms with E-state index >= 15 is 0 Å². The number of alkyl halides is 7. The average Bonchev–Trinajstić information content (AvgIpc) is 2.65. The van der Waals surface area contributed by atoms with Gasteiger partial charge in [0, 0.05) is 6.20 Å². The van der Waals surface area contributed by atoms with Crippen molar-refractivity contribution in [1.29, 1.82) is 0 Å². The summed E-state index contributed by atoms with van der Waals surface area (Å²) in [7, 11) is -4.23. The van der Waals surface area contributed by atoms with Gasteiger partial charge < -0.3 is 4.74 Å². The number of nitrogens with zero attached hydrogens (tertiary/aromatic N) is 2. The lowest BCUT2D eigenvalue weighted by atomic mass is 10.2. The van der Waals surface area contributed by atoms with Gasteiger partial charge in [0.25, 0.3) is 0 Å². The van der Waals surface area contributed by atoms with Crippen molar-refractivity contribution in [1.82, 2.24) is 10.1 Å². The fourth-order valence-corrected chi connectivity index (χ4v) is 3.17. The molecule has 0 amide bonds. The number of nitrogens with one attached hydrogen (secondary N) is 1. The first kappa shape index (κ1) is 23.6. The van der Waals surface area contributed by atoms with Crippen LogP contribution in [0.5, 0.6) is 5.88 Å². The second kappa shape index (κ2) is 8.20. The Morgan fingerprint density at radius 3 is 2.33 bits per heavy atom. The second-order valence-corrected chi connectivity index (χ2v) is 8.06. The number of pyridine rings is 1. The van der Waals surface area contributed by atoms with Crippen molar-refractivity contribution < 1.29 is 48.4 Å². The standard InChI is InChI=1S/C15H13F7N3O4S/c1-2-30(27,28)10-5-8(15(20,21)22)6-23-12(10)9-3-4-11(25(26)24-9)29-7-14(18,19)13(16)17/h3-6,13H,2,7H2,1H3,(H,24,26)/q+1. The molecule has 0 spiro atoms. The maximum absolute atomic E-state index is 12.9. The molecule has 2 heterocycles. The van der Waals surface area contributed by atoms with Crippen molar-refractivity contribution in [3.8, 4) is 17.3 Å². The van der Waals surface area contributed by atoms with Crippen LogP contribution in [0.3, 0.4) is 0 Å². The SMILES string of the molecule is CCS(=O)(=O)c1cc(C(F)(F)F)cnc1-c1ccc(OCC(F)(F)C(F)F)[n+](=O)[nH]1. The summed E-state index contributed by atoms with van der Waals surface area (Å²) >= 11 is 0. The number of aromatic amines is 1. The Kier molecular flexibility index (Phi) is 6.44. The van der Waals surface area contributed by atoms with Gasteiger partial charge in [-0.05, 0) is 12.1 Å². The van der Waals surface area contributed by atoms with Gasteiger partial charge in [0.1, 0.15) is 11.4 Å². The van der Waals surface area contributed by atoms with Crippen molar-refractivity contribution in [2.24, 2.45) is 0 Å². The molecule has 0 aliphatic rings. The minimum atomic E-state index is -4.89. The Morgan fingerprint density at radius 1 is 1.20 bits per heavy atom. The average molecular weight is 464 g/mol. The molecule has 0 aliphatic heterocycles. The summed E-state index contributed by atoms with van der Waals surface area (Å²) in [5.41, 5.74) is -2.28. The fourth-order valence-electron chi connectivity index (χ4n) is 2.09. The highest BCUT2D eigenvalue weighted by molar-refractivity contribution is 7.91. The molecule has 0 fully saturated rings. The Balaban J connectivity index is 2.49. The smallest absolute Gasteiger partial charge is 0.433 e. The van der Waals surface area contributed by atoms with Crippen LogP contribution in [0.4, 0.5) is 30.7 Å². The van der Waals surface area contributed by atoms with Gasteiger partial charge in [-0.1, -0.05) is 6.92 Å². The van der Waals surface area contributed by atoms with E-state index in [9.17, 15) is 44.1 Å². The van der Waals surface area contributed by atoms with Gasteiger partial charge in [-0.2, -0.15) is 22.0 Å². The molecule has 2 rings (SSSR count). The number of hydrogen-bond acceptors (Lipinski definition) is 5. The van der Waals surface area contributed by atoms with Crippen LogP contribution in [-0.2, 0) is 16.0 Å². The summed E-state index contributed by atoms with van der Waals surface area (Å²) in [6.07, 6.45) is -8.58. The number of rotatable bonds is 7. The normalized spacial score (nSPS) is 13.0. The summed E-state index contributed by atoms with van der Waals surface area (Å²) < 4.78 is 117. The van der Waals surface area contributed by atoms with E-state index in [0.717, 1.165) is 12.1 Å². The summed E-state index contributed by atoms with van der Waals surface area (Å²) in [4.78, 5) is 14.5. The van der Waals surface area contributed by atoms with Gasteiger partial charge >= 0.3 is 24.4 Å². The van der Waals surface area contributed by atoms with Crippen LogP contribution < -0.4 is 9.28 Å². The highest BCUT2D eigenvalue weighted by atomic mass is 32.2. The largest absolute Gasteiger partial charge is 0.450 e. The topological polar surface area (TPSA) is 95.0 Å². The zero-order chi connectivity index (χ0) is 22.9. The third-order valence-corrected chi connectivity index (χ3v) is 5.44. The number of aromatic nitrogens is 3. The highest BCUT2D eigenvalue weighted by Crippen LogP contribution is 2.33. The van der Waals surface area contributed by atoms with Crippen LogP contribution in [-0.4, -0.2) is 43.2 Å². The van der Waals surface area contributed by atoms with E-state index in [4.69, 9.17) is 0 Å². The number of halogens is 7. The van der Waals surface area contributed by atoms with Gasteiger partial charge in [-0.15, -0.1) is 5.10 Å². The molecule has 15 heteroatoms. The van der Waals surface area contributed by atoms with Gasteiger partial charge in [-0.3, -0.25) is 4.98 Å². The Morgan fingerprint density at radius 2 is 1.83 bits per heavy atom. The van der Waals surface area contributed by atoms with E-state index in [2.05, 4.69) is 9.72 Å². The van der Waals surface area contributed by atoms with Crippen LogP contribution in [0.2, 0.25) is 0 Å². The van der Waals surface area contributed by atoms with Crippen LogP contribution in [0, 0.1) is 4.91 Å². The Labute approximate surface area is 164 Å². The lowest BCUT2D eigenvalue weighted by Crippen LogP contribution is -2.36. The number of hydrogen-bond donors (Lipinski definition) is 1. The molecular weight excluding hydrogens is 451 g/mol. The van der Waals surface area contributed by atoms with Crippen molar-refractivity contribution in [2.75, 3.05) is 12.4 Å². The number of ether oxygens (including phenoxy) is 1. The summed E-state index contributed by atoms with van der Waals surface area (Å²) in [6, 6.07) is 1.99. The third kappa shape index (κ3) is 5.06. The molecule has 0 unspecified atom stereocenters. The summed E-state index contributed by atoms with van der Waals surface area (Å²) in [5, 5.41) is 1.95. The van der Waals surface area contributed by atoms with Gasteiger partial charge in [0.15, 0.2) is 16.4 Å². The van der Waals surface area contributed by atoms with Crippen LogP contribution in [0.1, 0.15) is 12.5 Å². The lowest BCUT2D eigenvalue weighted by Gasteiger charge is -2.13. The number of sulfone groups is 1. The third-order valence-electron chi connectivity index (χ3n) is 3.70. The maximum atomic E-state index is 12.9. The quantitative estimate of drug-likeness (QED) is 0.502. The minimum absolute atomic E-state index is 0.293. The number of H-pyrrole nitrogens is 1. The van der Waals surface area contributed by atoms with Crippen molar-refractivity contribution in [3.63, 3.8) is 0 Å². The molecule has 2 aromatic rings. The molecule has 0 bridgehead atoms. The molecular formula is C15H13F7N3O4S+. The maximum Gasteiger partial charge on any atom is 0.450 e. The lowest BCUT2D eigenvalue weighted by molar-refractivity contribution is -0.572. The first-order valence-corrected chi connectivity index (χ1v) is 9.59. The van der Waals surface area contributed by atoms with Gasteiger partial charge in [0.2, 0.25) is 4.54 Å². The molecule has 0 atom stereocenters. The molecule has 0 radical (unpaired) electrons. The van der Waals surface area contributed by atoms with Crippen molar-refractivity contribution >= 4 is 9.84 Å². The highest BCUT2D eigenvalue weighted by Gasteiger charge is 2.42. The molecule has 0 saturated carbocycles. The fraction of sp³-hybridized carbons (Fsp3) is 0.400. The minimum Gasteiger partial charge on any atom is -0.433 e. The molecule has 0 aromatic carbocycles. The molecule has 166 valence electrons. The van der Waals surface area contributed by atoms with Crippen molar-refractivity contribution in [3.05, 3.63) is 34.9 Å². The molecule has 0 saturated heterocycles. The molecule has 30 heavy (non-hydrogen) atoms. The molecule has 7 nitrogen and oxygen atoms in total. The Bertz CT molecular complexity index is 1080. The van der Waals surface area contributed by atoms with E-state index in [-0.39, 0.29) is 4.54 Å². The van der Waals surface area contributed by atoms with Gasteiger partial charge in [0.05, 0.1) is 27.2 Å². The van der Waals surface area contributed by atoms with E-state index < -0.39 is 68.4 Å². The van der Waals surface area contributed by atoms with E-state index in [0.29, 0.717) is 12.3 Å².